The Morgan fingerprint density at radius 1 is 1.17 bits per heavy atom. The molecule has 2 aromatic rings. The van der Waals surface area contributed by atoms with Gasteiger partial charge >= 0.3 is 5.69 Å². The standard InChI is InChI=1S/C18H20N4O2/c1-21-15(14(11-19)16(23)22(2)17(21)24)20-12-18(9-6-10-18)13-7-4-3-5-8-13/h3-5,7-8,20H,6,9-10,12H2,1-2H3. The molecule has 6 heteroatoms. The third-order valence-corrected chi connectivity index (χ3v) is 5.07. The van der Waals surface area contributed by atoms with Crippen LogP contribution in [0.15, 0.2) is 39.9 Å². The lowest BCUT2D eigenvalue weighted by atomic mass is 9.64. The van der Waals surface area contributed by atoms with Crippen molar-refractivity contribution in [2.24, 2.45) is 14.1 Å². The lowest BCUT2D eigenvalue weighted by molar-refractivity contribution is 0.260. The molecule has 1 aromatic heterocycles. The van der Waals surface area contributed by atoms with Gasteiger partial charge in [0.2, 0.25) is 0 Å². The molecule has 0 unspecified atom stereocenters. The minimum Gasteiger partial charge on any atom is -0.369 e. The summed E-state index contributed by atoms with van der Waals surface area (Å²) < 4.78 is 2.29. The molecule has 0 spiro atoms. The highest BCUT2D eigenvalue weighted by molar-refractivity contribution is 5.52. The summed E-state index contributed by atoms with van der Waals surface area (Å²) in [5, 5.41) is 12.5. The van der Waals surface area contributed by atoms with Crippen molar-refractivity contribution in [3.63, 3.8) is 0 Å². The summed E-state index contributed by atoms with van der Waals surface area (Å²) in [4.78, 5) is 24.3. The molecule has 1 N–H and O–H groups in total. The molecule has 24 heavy (non-hydrogen) atoms. The van der Waals surface area contributed by atoms with E-state index in [2.05, 4.69) is 17.4 Å². The van der Waals surface area contributed by atoms with Crippen molar-refractivity contribution in [3.05, 3.63) is 62.3 Å². The number of aromatic nitrogens is 2. The van der Waals surface area contributed by atoms with Crippen LogP contribution < -0.4 is 16.6 Å². The van der Waals surface area contributed by atoms with Gasteiger partial charge in [-0.1, -0.05) is 36.8 Å². The zero-order valence-electron chi connectivity index (χ0n) is 13.9. The molecule has 1 heterocycles. The summed E-state index contributed by atoms with van der Waals surface area (Å²) in [6.07, 6.45) is 3.24. The van der Waals surface area contributed by atoms with E-state index >= 15 is 0 Å². The van der Waals surface area contributed by atoms with E-state index in [0.717, 1.165) is 23.8 Å². The number of hydrogen-bond acceptors (Lipinski definition) is 4. The van der Waals surface area contributed by atoms with Gasteiger partial charge in [0, 0.05) is 26.1 Å². The van der Waals surface area contributed by atoms with Crippen molar-refractivity contribution in [1.29, 1.82) is 5.26 Å². The van der Waals surface area contributed by atoms with Crippen molar-refractivity contribution in [2.75, 3.05) is 11.9 Å². The number of benzene rings is 1. The Labute approximate surface area is 140 Å². The van der Waals surface area contributed by atoms with E-state index in [1.54, 1.807) is 7.05 Å². The highest BCUT2D eigenvalue weighted by Gasteiger charge is 2.38. The van der Waals surface area contributed by atoms with E-state index < -0.39 is 11.2 Å². The highest BCUT2D eigenvalue weighted by Crippen LogP contribution is 2.43. The second kappa shape index (κ2) is 6.00. The molecular formula is C18H20N4O2. The van der Waals surface area contributed by atoms with Crippen molar-refractivity contribution in [1.82, 2.24) is 9.13 Å². The van der Waals surface area contributed by atoms with Crippen LogP contribution in [-0.2, 0) is 19.5 Å². The van der Waals surface area contributed by atoms with Crippen LogP contribution in [0.1, 0.15) is 30.4 Å². The summed E-state index contributed by atoms with van der Waals surface area (Å²) in [5.74, 6) is 0.299. The maximum Gasteiger partial charge on any atom is 0.332 e. The number of hydrogen-bond donors (Lipinski definition) is 1. The second-order valence-electron chi connectivity index (χ2n) is 6.39. The van der Waals surface area contributed by atoms with Gasteiger partial charge in [-0.25, -0.2) is 4.79 Å². The topological polar surface area (TPSA) is 79.8 Å². The van der Waals surface area contributed by atoms with Crippen molar-refractivity contribution >= 4 is 5.82 Å². The van der Waals surface area contributed by atoms with Gasteiger partial charge in [0.15, 0.2) is 5.56 Å². The van der Waals surface area contributed by atoms with Crippen LogP contribution in [0, 0.1) is 11.3 Å². The number of nitriles is 1. The van der Waals surface area contributed by atoms with Gasteiger partial charge in [0.05, 0.1) is 0 Å². The number of nitrogens with one attached hydrogen (secondary N) is 1. The SMILES string of the molecule is Cn1c(NCC2(c3ccccc3)CCC2)c(C#N)c(=O)n(C)c1=O. The molecule has 1 fully saturated rings. The van der Waals surface area contributed by atoms with Crippen LogP contribution in [-0.4, -0.2) is 15.7 Å². The summed E-state index contributed by atoms with van der Waals surface area (Å²) in [6, 6.07) is 12.2. The normalized spacial score (nSPS) is 15.4. The average Bonchev–Trinajstić information content (AvgIpc) is 2.57. The Morgan fingerprint density at radius 3 is 2.38 bits per heavy atom. The first kappa shape index (κ1) is 16.1. The van der Waals surface area contributed by atoms with E-state index in [9.17, 15) is 14.9 Å². The van der Waals surface area contributed by atoms with Gasteiger partial charge in [0.25, 0.3) is 5.56 Å². The molecule has 0 amide bonds. The largest absolute Gasteiger partial charge is 0.369 e. The number of nitrogens with zero attached hydrogens (tertiary/aromatic N) is 3. The molecule has 6 nitrogen and oxygen atoms in total. The molecule has 0 radical (unpaired) electrons. The maximum atomic E-state index is 12.2. The fraction of sp³-hybridized carbons (Fsp3) is 0.389. The molecule has 124 valence electrons. The maximum absolute atomic E-state index is 12.2. The Kier molecular flexibility index (Phi) is 4.02. The molecule has 1 aromatic carbocycles. The number of anilines is 1. The first-order valence-electron chi connectivity index (χ1n) is 8.00. The Morgan fingerprint density at radius 2 is 1.83 bits per heavy atom. The number of rotatable bonds is 4. The fourth-order valence-electron chi connectivity index (χ4n) is 3.37. The molecular weight excluding hydrogens is 304 g/mol. The minimum absolute atomic E-state index is 0.00882. The quantitative estimate of drug-likeness (QED) is 0.924. The van der Waals surface area contributed by atoms with E-state index in [1.165, 1.54) is 17.2 Å². The molecule has 0 saturated heterocycles. The predicted octanol–water partition coefficient (Wildman–Crippen LogP) is 1.49. The van der Waals surface area contributed by atoms with Gasteiger partial charge in [-0.05, 0) is 18.4 Å². The summed E-state index contributed by atoms with van der Waals surface area (Å²) in [5.41, 5.74) is 0.207. The van der Waals surface area contributed by atoms with Crippen molar-refractivity contribution in [2.45, 2.75) is 24.7 Å². The predicted molar refractivity (Wildman–Crippen MR) is 92.1 cm³/mol. The van der Waals surface area contributed by atoms with Gasteiger partial charge in [0.1, 0.15) is 11.9 Å². The molecule has 0 bridgehead atoms. The second-order valence-corrected chi connectivity index (χ2v) is 6.39. The average molecular weight is 324 g/mol. The van der Waals surface area contributed by atoms with Gasteiger partial charge in [-0.15, -0.1) is 0 Å². The molecule has 3 rings (SSSR count). The monoisotopic (exact) mass is 324 g/mol. The lowest BCUT2D eigenvalue weighted by Crippen LogP contribution is -2.44. The Balaban J connectivity index is 1.97. The zero-order chi connectivity index (χ0) is 17.3. The van der Waals surface area contributed by atoms with Crippen LogP contribution in [0.5, 0.6) is 0 Å². The third kappa shape index (κ3) is 2.42. The first-order valence-corrected chi connectivity index (χ1v) is 8.00. The van der Waals surface area contributed by atoms with Gasteiger partial charge in [-0.3, -0.25) is 13.9 Å². The molecule has 0 aliphatic heterocycles. The summed E-state index contributed by atoms with van der Waals surface area (Å²) in [6.45, 7) is 0.589. The third-order valence-electron chi connectivity index (χ3n) is 5.07. The molecule has 0 atom stereocenters. The Bertz CT molecular complexity index is 915. The first-order chi connectivity index (χ1) is 11.5. The lowest BCUT2D eigenvalue weighted by Gasteiger charge is -2.43. The van der Waals surface area contributed by atoms with Crippen LogP contribution in [0.2, 0.25) is 0 Å². The van der Waals surface area contributed by atoms with Crippen LogP contribution >= 0.6 is 0 Å². The fourth-order valence-corrected chi connectivity index (χ4v) is 3.37. The minimum atomic E-state index is -0.564. The highest BCUT2D eigenvalue weighted by atomic mass is 16.2. The molecule has 1 aliphatic carbocycles. The van der Waals surface area contributed by atoms with E-state index in [4.69, 9.17) is 0 Å². The van der Waals surface area contributed by atoms with Gasteiger partial charge in [-0.2, -0.15) is 5.26 Å². The van der Waals surface area contributed by atoms with Crippen LogP contribution in [0.3, 0.4) is 0 Å². The summed E-state index contributed by atoms with van der Waals surface area (Å²) in [7, 11) is 2.95. The zero-order valence-corrected chi connectivity index (χ0v) is 13.9. The van der Waals surface area contributed by atoms with E-state index in [0.29, 0.717) is 12.4 Å². The molecule has 1 saturated carbocycles. The Hall–Kier alpha value is -2.81. The van der Waals surface area contributed by atoms with E-state index in [-0.39, 0.29) is 11.0 Å². The molecule has 1 aliphatic rings. The van der Waals surface area contributed by atoms with Crippen molar-refractivity contribution in [3.8, 4) is 6.07 Å². The summed E-state index contributed by atoms with van der Waals surface area (Å²) >= 11 is 0. The van der Waals surface area contributed by atoms with Crippen LogP contribution in [0.25, 0.3) is 0 Å². The van der Waals surface area contributed by atoms with Crippen molar-refractivity contribution < 1.29 is 0 Å². The smallest absolute Gasteiger partial charge is 0.332 e. The van der Waals surface area contributed by atoms with Crippen LogP contribution in [0.4, 0.5) is 5.82 Å². The van der Waals surface area contributed by atoms with Gasteiger partial charge < -0.3 is 5.32 Å². The van der Waals surface area contributed by atoms with E-state index in [1.807, 2.05) is 24.3 Å².